The minimum Gasteiger partial charge on any atom is -0.502 e. The second kappa shape index (κ2) is 7.54. The van der Waals surface area contributed by atoms with Crippen molar-refractivity contribution in [3.05, 3.63) is 27.8 Å². The molecular formula is C15H22N2O7S. The van der Waals surface area contributed by atoms with E-state index < -0.39 is 32.5 Å². The second-order valence-corrected chi connectivity index (χ2v) is 7.92. The number of aryl methyl sites for hydroxylation is 1. The summed E-state index contributed by atoms with van der Waals surface area (Å²) in [6.07, 6.45) is 0.700. The molecule has 2 heterocycles. The Morgan fingerprint density at radius 1 is 1.40 bits per heavy atom. The van der Waals surface area contributed by atoms with E-state index in [-0.39, 0.29) is 24.5 Å². The number of carbonyl (C=O) groups excluding carboxylic acids is 1. The number of sulfonamides is 1. The smallest absolute Gasteiger partial charge is 0.227 e. The summed E-state index contributed by atoms with van der Waals surface area (Å²) in [5.41, 5.74) is -1.46. The zero-order valence-corrected chi connectivity index (χ0v) is 14.7. The summed E-state index contributed by atoms with van der Waals surface area (Å²) >= 11 is 0. The van der Waals surface area contributed by atoms with Crippen molar-refractivity contribution < 1.29 is 27.5 Å². The molecule has 25 heavy (non-hydrogen) atoms. The Hall–Kier alpha value is -1.91. The summed E-state index contributed by atoms with van der Waals surface area (Å²) in [6.45, 7) is 2.17. The summed E-state index contributed by atoms with van der Waals surface area (Å²) in [5.74, 6) is -0.903. The molecule has 0 spiro atoms. The molecule has 0 aromatic carbocycles. The topological polar surface area (TPSA) is 149 Å². The van der Waals surface area contributed by atoms with E-state index in [1.807, 2.05) is 0 Å². The van der Waals surface area contributed by atoms with Crippen LogP contribution in [0.25, 0.3) is 0 Å². The normalized spacial score (nSPS) is 17.2. The monoisotopic (exact) mass is 374 g/mol. The van der Waals surface area contributed by atoms with Crippen molar-refractivity contribution in [3.63, 3.8) is 0 Å². The highest BCUT2D eigenvalue weighted by Crippen LogP contribution is 2.41. The van der Waals surface area contributed by atoms with Crippen molar-refractivity contribution in [2.75, 3.05) is 25.5 Å². The maximum Gasteiger partial charge on any atom is 0.227 e. The minimum absolute atomic E-state index is 0.0685. The van der Waals surface area contributed by atoms with Crippen LogP contribution in [0.5, 0.6) is 5.75 Å². The number of hydrogen-bond acceptors (Lipinski definition) is 7. The molecule has 0 bridgehead atoms. The van der Waals surface area contributed by atoms with E-state index in [2.05, 4.69) is 5.32 Å². The van der Waals surface area contributed by atoms with Gasteiger partial charge in [0.25, 0.3) is 0 Å². The summed E-state index contributed by atoms with van der Waals surface area (Å²) in [4.78, 5) is 24.2. The number of hydrogen-bond donors (Lipinski definition) is 3. The van der Waals surface area contributed by atoms with Gasteiger partial charge in [-0.1, -0.05) is 0 Å². The Labute approximate surface area is 145 Å². The highest BCUT2D eigenvalue weighted by Gasteiger charge is 2.41. The lowest BCUT2D eigenvalue weighted by Gasteiger charge is -2.35. The van der Waals surface area contributed by atoms with Gasteiger partial charge in [0, 0.05) is 37.7 Å². The molecule has 1 amide bonds. The molecule has 0 aliphatic carbocycles. The maximum absolute atomic E-state index is 12.3. The molecule has 4 N–H and O–H groups in total. The van der Waals surface area contributed by atoms with Crippen LogP contribution in [-0.4, -0.2) is 44.9 Å². The van der Waals surface area contributed by atoms with Crippen molar-refractivity contribution in [2.24, 2.45) is 5.14 Å². The molecule has 1 aromatic heterocycles. The number of aromatic hydroxyl groups is 1. The van der Waals surface area contributed by atoms with Crippen LogP contribution in [0.2, 0.25) is 0 Å². The maximum atomic E-state index is 12.3. The van der Waals surface area contributed by atoms with Gasteiger partial charge < -0.3 is 19.6 Å². The first-order valence-electron chi connectivity index (χ1n) is 7.82. The van der Waals surface area contributed by atoms with Crippen LogP contribution < -0.4 is 15.9 Å². The summed E-state index contributed by atoms with van der Waals surface area (Å²) in [5, 5.41) is 17.5. The molecule has 0 atom stereocenters. The van der Waals surface area contributed by atoms with Crippen molar-refractivity contribution in [3.8, 4) is 5.75 Å². The van der Waals surface area contributed by atoms with Gasteiger partial charge >= 0.3 is 0 Å². The van der Waals surface area contributed by atoms with E-state index in [1.165, 1.54) is 6.07 Å². The zero-order valence-electron chi connectivity index (χ0n) is 13.9. The molecule has 2 rings (SSSR count). The van der Waals surface area contributed by atoms with Gasteiger partial charge in [0.05, 0.1) is 5.75 Å². The first kappa shape index (κ1) is 19.4. The van der Waals surface area contributed by atoms with Gasteiger partial charge in [-0.3, -0.25) is 9.59 Å². The fourth-order valence-electron chi connectivity index (χ4n) is 2.91. The van der Waals surface area contributed by atoms with Crippen molar-refractivity contribution in [1.29, 1.82) is 0 Å². The summed E-state index contributed by atoms with van der Waals surface area (Å²) in [6, 6.07) is 1.18. The van der Waals surface area contributed by atoms with Crippen LogP contribution in [0.1, 0.15) is 30.8 Å². The molecule has 1 saturated heterocycles. The van der Waals surface area contributed by atoms with Crippen LogP contribution in [0.3, 0.4) is 0 Å². The lowest BCUT2D eigenvalue weighted by molar-refractivity contribution is -0.123. The molecule has 1 aliphatic heterocycles. The van der Waals surface area contributed by atoms with Crippen LogP contribution in [0.15, 0.2) is 15.3 Å². The van der Waals surface area contributed by atoms with Gasteiger partial charge in [-0.15, -0.1) is 0 Å². The number of ether oxygens (including phenoxy) is 1. The van der Waals surface area contributed by atoms with Crippen molar-refractivity contribution in [1.82, 2.24) is 5.32 Å². The largest absolute Gasteiger partial charge is 0.502 e. The predicted octanol–water partition coefficient (Wildman–Crippen LogP) is -0.503. The Bertz CT molecular complexity index is 795. The first-order valence-corrected chi connectivity index (χ1v) is 9.54. The van der Waals surface area contributed by atoms with Crippen molar-refractivity contribution >= 4 is 15.9 Å². The van der Waals surface area contributed by atoms with Crippen LogP contribution >= 0.6 is 0 Å². The number of nitrogens with one attached hydrogen (secondary N) is 1. The van der Waals surface area contributed by atoms with Crippen molar-refractivity contribution in [2.45, 2.75) is 31.6 Å². The third-order valence-corrected chi connectivity index (χ3v) is 4.96. The quantitative estimate of drug-likeness (QED) is 0.607. The van der Waals surface area contributed by atoms with E-state index in [9.17, 15) is 23.1 Å². The minimum atomic E-state index is -3.67. The lowest BCUT2D eigenvalue weighted by Crippen LogP contribution is -2.41. The van der Waals surface area contributed by atoms with Gasteiger partial charge in [0.2, 0.25) is 27.1 Å². The fourth-order valence-corrected chi connectivity index (χ4v) is 3.30. The third-order valence-electron chi connectivity index (χ3n) is 4.19. The van der Waals surface area contributed by atoms with Crippen LogP contribution in [0.4, 0.5) is 0 Å². The molecular weight excluding hydrogens is 352 g/mol. The number of carbonyl (C=O) groups is 1. The second-order valence-electron chi connectivity index (χ2n) is 6.19. The van der Waals surface area contributed by atoms with Gasteiger partial charge in [-0.2, -0.15) is 0 Å². The Kier molecular flexibility index (Phi) is 5.86. The lowest BCUT2D eigenvalue weighted by atomic mass is 9.74. The van der Waals surface area contributed by atoms with E-state index >= 15 is 0 Å². The molecule has 10 heteroatoms. The standard InChI is InChI=1S/C15H22N2O7S/c1-10-8-11(18)13(20)14(24-10)15(2-5-23-6-3-15)9-12(19)17-4-7-25(16,21)22/h8,20H,2-7,9H2,1H3,(H,17,19)(H2,16,21,22). The van der Waals surface area contributed by atoms with E-state index in [0.717, 1.165) is 0 Å². The number of rotatable bonds is 6. The van der Waals surface area contributed by atoms with Crippen LogP contribution in [-0.2, 0) is 25.0 Å². The van der Waals surface area contributed by atoms with Gasteiger partial charge in [0.1, 0.15) is 5.76 Å². The number of amides is 1. The van der Waals surface area contributed by atoms with Crippen LogP contribution in [0, 0.1) is 6.92 Å². The van der Waals surface area contributed by atoms with E-state index in [0.29, 0.717) is 31.8 Å². The van der Waals surface area contributed by atoms with Gasteiger partial charge in [-0.25, -0.2) is 13.6 Å². The Balaban J connectivity index is 2.24. The average molecular weight is 374 g/mol. The van der Waals surface area contributed by atoms with Gasteiger partial charge in [0.15, 0.2) is 5.76 Å². The number of primary sulfonamides is 1. The predicted molar refractivity (Wildman–Crippen MR) is 88.7 cm³/mol. The number of nitrogens with two attached hydrogens (primary N) is 1. The molecule has 0 saturated carbocycles. The molecule has 1 aliphatic rings. The summed E-state index contributed by atoms with van der Waals surface area (Å²) in [7, 11) is -3.67. The molecule has 0 radical (unpaired) electrons. The molecule has 0 unspecified atom stereocenters. The summed E-state index contributed by atoms with van der Waals surface area (Å²) < 4.78 is 32.8. The SMILES string of the molecule is Cc1cc(=O)c(O)c(C2(CC(=O)NCCS(N)(=O)=O)CCOCC2)o1. The highest BCUT2D eigenvalue weighted by atomic mass is 32.2. The van der Waals surface area contributed by atoms with Gasteiger partial charge in [-0.05, 0) is 19.8 Å². The zero-order chi connectivity index (χ0) is 18.7. The van der Waals surface area contributed by atoms with E-state index in [1.54, 1.807) is 6.92 Å². The average Bonchev–Trinajstić information content (AvgIpc) is 2.50. The Morgan fingerprint density at radius 2 is 2.04 bits per heavy atom. The molecule has 140 valence electrons. The Morgan fingerprint density at radius 3 is 2.64 bits per heavy atom. The first-order chi connectivity index (χ1) is 11.6. The molecule has 1 fully saturated rings. The highest BCUT2D eigenvalue weighted by molar-refractivity contribution is 7.89. The third kappa shape index (κ3) is 5.03. The molecule has 9 nitrogen and oxygen atoms in total. The molecule has 1 aromatic rings. The van der Waals surface area contributed by atoms with E-state index in [4.69, 9.17) is 14.3 Å². The fraction of sp³-hybridized carbons (Fsp3) is 0.600.